The van der Waals surface area contributed by atoms with E-state index in [2.05, 4.69) is 16.0 Å². The lowest BCUT2D eigenvalue weighted by Crippen LogP contribution is -2.53. The first-order chi connectivity index (χ1) is 11.4. The number of amides is 4. The topological polar surface area (TPSA) is 87.3 Å². The number of carbonyl (C=O) groups excluding carboxylic acids is 3. The lowest BCUT2D eigenvalue weighted by atomic mass is 9.87. The zero-order valence-corrected chi connectivity index (χ0v) is 12.8. The van der Waals surface area contributed by atoms with Crippen molar-refractivity contribution in [2.75, 3.05) is 6.54 Å². The number of rotatable bonds is 4. The predicted molar refractivity (Wildman–Crippen MR) is 79.8 cm³/mol. The Morgan fingerprint density at radius 1 is 1.29 bits per heavy atom. The van der Waals surface area contributed by atoms with Gasteiger partial charge >= 0.3 is 6.03 Å². The van der Waals surface area contributed by atoms with Gasteiger partial charge < -0.3 is 10.6 Å². The first kappa shape index (κ1) is 16.4. The van der Waals surface area contributed by atoms with Crippen molar-refractivity contribution in [2.45, 2.75) is 31.2 Å². The maximum Gasteiger partial charge on any atom is 0.322 e. The van der Waals surface area contributed by atoms with Crippen LogP contribution in [-0.2, 0) is 16.0 Å². The van der Waals surface area contributed by atoms with Gasteiger partial charge in [0.1, 0.15) is 17.2 Å². The smallest absolute Gasteiger partial charge is 0.322 e. The largest absolute Gasteiger partial charge is 0.355 e. The molecule has 3 rings (SSSR count). The Morgan fingerprint density at radius 3 is 2.62 bits per heavy atom. The molecular formula is C16H17F2N3O3. The lowest BCUT2D eigenvalue weighted by Gasteiger charge is -2.28. The molecule has 8 heteroatoms. The monoisotopic (exact) mass is 337 g/mol. The molecule has 3 N–H and O–H groups in total. The average Bonchev–Trinajstić information content (AvgIpc) is 3.05. The Labute approximate surface area is 137 Å². The summed E-state index contributed by atoms with van der Waals surface area (Å²) in [5.74, 6) is -2.72. The SMILES string of the molecule is O=C(Cc1c(F)cccc1F)NC[C@H]1CCC[C@@]12NC(=O)NC2=O. The molecule has 0 unspecified atom stereocenters. The summed E-state index contributed by atoms with van der Waals surface area (Å²) >= 11 is 0. The first-order valence-electron chi connectivity index (χ1n) is 7.75. The molecule has 24 heavy (non-hydrogen) atoms. The van der Waals surface area contributed by atoms with Crippen molar-refractivity contribution >= 4 is 17.8 Å². The van der Waals surface area contributed by atoms with Crippen LogP contribution < -0.4 is 16.0 Å². The van der Waals surface area contributed by atoms with Crippen LogP contribution in [0.15, 0.2) is 18.2 Å². The van der Waals surface area contributed by atoms with Crippen molar-refractivity contribution in [3.63, 3.8) is 0 Å². The van der Waals surface area contributed by atoms with Crippen molar-refractivity contribution in [3.05, 3.63) is 35.4 Å². The number of urea groups is 1. The van der Waals surface area contributed by atoms with Gasteiger partial charge in [0.05, 0.1) is 6.42 Å². The van der Waals surface area contributed by atoms with Crippen molar-refractivity contribution in [1.82, 2.24) is 16.0 Å². The maximum absolute atomic E-state index is 13.6. The van der Waals surface area contributed by atoms with Crippen LogP contribution in [0.5, 0.6) is 0 Å². The number of carbonyl (C=O) groups is 3. The van der Waals surface area contributed by atoms with Crippen molar-refractivity contribution < 1.29 is 23.2 Å². The lowest BCUT2D eigenvalue weighted by molar-refractivity contribution is -0.126. The molecule has 2 atom stereocenters. The van der Waals surface area contributed by atoms with E-state index in [1.807, 2.05) is 0 Å². The highest BCUT2D eigenvalue weighted by Gasteiger charge is 2.54. The van der Waals surface area contributed by atoms with Gasteiger partial charge in [-0.25, -0.2) is 13.6 Å². The molecule has 6 nitrogen and oxygen atoms in total. The van der Waals surface area contributed by atoms with Crippen LogP contribution in [-0.4, -0.2) is 29.9 Å². The minimum Gasteiger partial charge on any atom is -0.355 e. The van der Waals surface area contributed by atoms with Gasteiger partial charge in [0.15, 0.2) is 0 Å². The first-order valence-corrected chi connectivity index (χ1v) is 7.75. The van der Waals surface area contributed by atoms with E-state index < -0.39 is 35.5 Å². The van der Waals surface area contributed by atoms with Gasteiger partial charge in [-0.3, -0.25) is 14.9 Å². The van der Waals surface area contributed by atoms with E-state index >= 15 is 0 Å². The Hall–Kier alpha value is -2.51. The van der Waals surface area contributed by atoms with E-state index in [0.29, 0.717) is 12.8 Å². The molecule has 1 heterocycles. The molecular weight excluding hydrogens is 320 g/mol. The normalized spacial score (nSPS) is 25.7. The molecule has 1 spiro atoms. The van der Waals surface area contributed by atoms with Gasteiger partial charge in [-0.05, 0) is 25.0 Å². The fourth-order valence-electron chi connectivity index (χ4n) is 3.48. The summed E-state index contributed by atoms with van der Waals surface area (Å²) in [5, 5.41) is 7.48. The Morgan fingerprint density at radius 2 is 2.00 bits per heavy atom. The molecule has 2 fully saturated rings. The van der Waals surface area contributed by atoms with Crippen LogP contribution in [0.1, 0.15) is 24.8 Å². The van der Waals surface area contributed by atoms with Gasteiger partial charge in [0, 0.05) is 18.0 Å². The molecule has 1 aliphatic heterocycles. The fraction of sp³-hybridized carbons (Fsp3) is 0.438. The highest BCUT2D eigenvalue weighted by Crippen LogP contribution is 2.37. The molecule has 0 radical (unpaired) electrons. The second-order valence-electron chi connectivity index (χ2n) is 6.15. The zero-order valence-electron chi connectivity index (χ0n) is 12.8. The van der Waals surface area contributed by atoms with Crippen LogP contribution in [0.3, 0.4) is 0 Å². The standard InChI is InChI=1S/C16H17F2N3O3/c17-11-4-1-5-12(18)10(11)7-13(22)19-8-9-3-2-6-16(9)14(23)20-15(24)21-16/h1,4-5,9H,2-3,6-8H2,(H,19,22)(H2,20,21,23,24)/t9-,16-/m1/s1. The van der Waals surface area contributed by atoms with E-state index in [-0.39, 0.29) is 23.9 Å². The van der Waals surface area contributed by atoms with E-state index in [0.717, 1.165) is 18.6 Å². The third-order valence-corrected chi connectivity index (χ3v) is 4.73. The summed E-state index contributed by atoms with van der Waals surface area (Å²) in [6.45, 7) is 0.155. The van der Waals surface area contributed by atoms with E-state index in [4.69, 9.17) is 0 Å². The van der Waals surface area contributed by atoms with Crippen LogP contribution in [0.25, 0.3) is 0 Å². The van der Waals surface area contributed by atoms with Crippen molar-refractivity contribution in [1.29, 1.82) is 0 Å². The second kappa shape index (κ2) is 6.18. The zero-order chi connectivity index (χ0) is 17.3. The number of halogens is 2. The van der Waals surface area contributed by atoms with Gasteiger partial charge in [-0.2, -0.15) is 0 Å². The maximum atomic E-state index is 13.6. The van der Waals surface area contributed by atoms with Gasteiger partial charge in [-0.1, -0.05) is 12.5 Å². The van der Waals surface area contributed by atoms with Crippen molar-refractivity contribution in [2.24, 2.45) is 5.92 Å². The average molecular weight is 337 g/mol. The minimum atomic E-state index is -0.992. The number of nitrogens with one attached hydrogen (secondary N) is 3. The minimum absolute atomic E-state index is 0.155. The predicted octanol–water partition coefficient (Wildman–Crippen LogP) is 1.00. The van der Waals surface area contributed by atoms with E-state index in [1.54, 1.807) is 0 Å². The molecule has 2 aliphatic rings. The molecule has 4 amide bonds. The molecule has 0 aromatic heterocycles. The molecule has 0 bridgehead atoms. The summed E-state index contributed by atoms with van der Waals surface area (Å²) in [6, 6.07) is 2.88. The Kier molecular flexibility index (Phi) is 4.21. The fourth-order valence-corrected chi connectivity index (χ4v) is 3.48. The molecule has 1 saturated heterocycles. The number of benzene rings is 1. The molecule has 1 aromatic rings. The number of hydrogen-bond acceptors (Lipinski definition) is 3. The third kappa shape index (κ3) is 2.83. The van der Waals surface area contributed by atoms with Crippen LogP contribution in [0.4, 0.5) is 13.6 Å². The van der Waals surface area contributed by atoms with E-state index in [1.165, 1.54) is 6.07 Å². The van der Waals surface area contributed by atoms with Gasteiger partial charge in [0.2, 0.25) is 5.91 Å². The molecule has 1 saturated carbocycles. The summed E-state index contributed by atoms with van der Waals surface area (Å²) in [6.07, 6.45) is 1.50. The van der Waals surface area contributed by atoms with Crippen LogP contribution >= 0.6 is 0 Å². The molecule has 128 valence electrons. The van der Waals surface area contributed by atoms with Crippen LogP contribution in [0.2, 0.25) is 0 Å². The van der Waals surface area contributed by atoms with Gasteiger partial charge in [-0.15, -0.1) is 0 Å². The number of hydrogen-bond donors (Lipinski definition) is 3. The summed E-state index contributed by atoms with van der Waals surface area (Å²) in [4.78, 5) is 35.4. The van der Waals surface area contributed by atoms with Crippen molar-refractivity contribution in [3.8, 4) is 0 Å². The molecule has 1 aromatic carbocycles. The summed E-state index contributed by atoms with van der Waals surface area (Å²) in [7, 11) is 0. The third-order valence-electron chi connectivity index (χ3n) is 4.73. The summed E-state index contributed by atoms with van der Waals surface area (Å²) < 4.78 is 27.1. The Bertz CT molecular complexity index is 690. The van der Waals surface area contributed by atoms with Crippen LogP contribution in [0, 0.1) is 17.6 Å². The highest BCUT2D eigenvalue weighted by atomic mass is 19.1. The second-order valence-corrected chi connectivity index (χ2v) is 6.15. The summed E-state index contributed by atoms with van der Waals surface area (Å²) in [5.41, 5.74) is -1.28. The quantitative estimate of drug-likeness (QED) is 0.717. The van der Waals surface area contributed by atoms with Gasteiger partial charge in [0.25, 0.3) is 5.91 Å². The number of imide groups is 1. The highest BCUT2D eigenvalue weighted by molar-refractivity contribution is 6.07. The van der Waals surface area contributed by atoms with E-state index in [9.17, 15) is 23.2 Å². The molecule has 1 aliphatic carbocycles. The Balaban J connectivity index is 1.62.